The Morgan fingerprint density at radius 3 is 2.96 bits per heavy atom. The van der Waals surface area contributed by atoms with Gasteiger partial charge >= 0.3 is 0 Å². The van der Waals surface area contributed by atoms with Gasteiger partial charge in [-0.15, -0.1) is 0 Å². The Kier molecular flexibility index (Phi) is 2.90. The van der Waals surface area contributed by atoms with Crippen molar-refractivity contribution in [1.29, 1.82) is 0 Å². The predicted octanol–water partition coefficient (Wildman–Crippen LogP) is 4.01. The number of benzene rings is 2. The summed E-state index contributed by atoms with van der Waals surface area (Å²) in [4.78, 5) is 19.5. The first-order chi connectivity index (χ1) is 11.1. The van der Waals surface area contributed by atoms with E-state index in [0.717, 1.165) is 5.52 Å². The highest BCUT2D eigenvalue weighted by Crippen LogP contribution is 2.21. The van der Waals surface area contributed by atoms with E-state index in [-0.39, 0.29) is 11.7 Å². The molecule has 114 valence electrons. The normalized spacial score (nSPS) is 11.2. The van der Waals surface area contributed by atoms with Crippen LogP contribution < -0.4 is 5.32 Å². The number of H-pyrrole nitrogens is 1. The van der Waals surface area contributed by atoms with Crippen molar-refractivity contribution in [3.8, 4) is 0 Å². The molecule has 4 rings (SSSR count). The van der Waals surface area contributed by atoms with Gasteiger partial charge in [0.25, 0.3) is 5.91 Å². The smallest absolute Gasteiger partial charge is 0.272 e. The summed E-state index contributed by atoms with van der Waals surface area (Å²) in [6.07, 6.45) is 0. The molecule has 0 spiro atoms. The Bertz CT molecular complexity index is 1050. The zero-order valence-electron chi connectivity index (χ0n) is 12.2. The molecule has 0 aliphatic rings. The maximum atomic E-state index is 13.2. The first-order valence-electron chi connectivity index (χ1n) is 7.05. The summed E-state index contributed by atoms with van der Waals surface area (Å²) in [5.41, 5.74) is 3.02. The average molecular weight is 309 g/mol. The number of hydrogen-bond acceptors (Lipinski definition) is 3. The minimum atomic E-state index is -0.338. The molecule has 0 saturated heterocycles. The standard InChI is InChI=1S/C17H12FN3O2/c1-9-19-14-5-3-12(8-16(14)23-9)20-17(22)15-7-10-6-11(18)2-4-13(10)21-15/h2-8,21H,1H3,(H,20,22). The fourth-order valence-electron chi connectivity index (χ4n) is 2.54. The number of anilines is 1. The number of amides is 1. The predicted molar refractivity (Wildman–Crippen MR) is 85.0 cm³/mol. The van der Waals surface area contributed by atoms with Crippen LogP contribution in [-0.2, 0) is 0 Å². The minimum absolute atomic E-state index is 0.308. The van der Waals surface area contributed by atoms with Crippen molar-refractivity contribution in [3.05, 3.63) is 59.9 Å². The molecular weight excluding hydrogens is 297 g/mol. The Morgan fingerprint density at radius 1 is 1.22 bits per heavy atom. The fourth-order valence-corrected chi connectivity index (χ4v) is 2.54. The number of aromatic amines is 1. The number of hydrogen-bond donors (Lipinski definition) is 2. The number of rotatable bonds is 2. The second kappa shape index (κ2) is 4.95. The van der Waals surface area contributed by atoms with Gasteiger partial charge in [0.1, 0.15) is 17.0 Å². The number of aryl methyl sites for hydroxylation is 1. The number of halogens is 1. The molecule has 0 fully saturated rings. The van der Waals surface area contributed by atoms with Crippen LogP contribution in [0.1, 0.15) is 16.4 Å². The van der Waals surface area contributed by atoms with Crippen LogP contribution in [0.4, 0.5) is 10.1 Å². The molecule has 5 nitrogen and oxygen atoms in total. The minimum Gasteiger partial charge on any atom is -0.441 e. The molecule has 6 heteroatoms. The van der Waals surface area contributed by atoms with Crippen molar-refractivity contribution in [2.75, 3.05) is 5.32 Å². The molecule has 2 N–H and O–H groups in total. The summed E-state index contributed by atoms with van der Waals surface area (Å²) in [5.74, 6) is -0.0760. The molecule has 0 aliphatic carbocycles. The summed E-state index contributed by atoms with van der Waals surface area (Å²) in [5, 5.41) is 3.43. The Labute approximate surface area is 130 Å². The summed E-state index contributed by atoms with van der Waals surface area (Å²) < 4.78 is 18.7. The SMILES string of the molecule is Cc1nc2ccc(NC(=O)c3cc4cc(F)ccc4[nH]3)cc2o1. The first-order valence-corrected chi connectivity index (χ1v) is 7.05. The molecule has 0 unspecified atom stereocenters. The van der Waals surface area contributed by atoms with Gasteiger partial charge in [0.2, 0.25) is 0 Å². The quantitative estimate of drug-likeness (QED) is 0.587. The molecule has 23 heavy (non-hydrogen) atoms. The van der Waals surface area contributed by atoms with Crippen LogP contribution in [0.3, 0.4) is 0 Å². The lowest BCUT2D eigenvalue weighted by molar-refractivity contribution is 0.102. The van der Waals surface area contributed by atoms with E-state index < -0.39 is 0 Å². The summed E-state index contributed by atoms with van der Waals surface area (Å²) in [7, 11) is 0. The maximum absolute atomic E-state index is 13.2. The number of nitrogens with one attached hydrogen (secondary N) is 2. The molecule has 0 radical (unpaired) electrons. The van der Waals surface area contributed by atoms with Crippen molar-refractivity contribution in [2.24, 2.45) is 0 Å². The zero-order valence-corrected chi connectivity index (χ0v) is 12.2. The van der Waals surface area contributed by atoms with Gasteiger partial charge in [0.15, 0.2) is 11.5 Å². The molecule has 2 aromatic heterocycles. The average Bonchev–Trinajstić information content (AvgIpc) is 3.08. The molecule has 4 aromatic rings. The van der Waals surface area contributed by atoms with E-state index in [9.17, 15) is 9.18 Å². The molecular formula is C17H12FN3O2. The molecule has 0 atom stereocenters. The highest BCUT2D eigenvalue weighted by molar-refractivity contribution is 6.06. The van der Waals surface area contributed by atoms with Crippen molar-refractivity contribution in [1.82, 2.24) is 9.97 Å². The maximum Gasteiger partial charge on any atom is 0.272 e. The number of nitrogens with zero attached hydrogens (tertiary/aromatic N) is 1. The van der Waals surface area contributed by atoms with Gasteiger partial charge < -0.3 is 14.7 Å². The monoisotopic (exact) mass is 309 g/mol. The van der Waals surface area contributed by atoms with Crippen molar-refractivity contribution >= 4 is 33.6 Å². The second-order valence-electron chi connectivity index (χ2n) is 5.28. The third-order valence-corrected chi connectivity index (χ3v) is 3.58. The topological polar surface area (TPSA) is 70.9 Å². The van der Waals surface area contributed by atoms with Gasteiger partial charge in [-0.05, 0) is 36.4 Å². The van der Waals surface area contributed by atoms with Crippen LogP contribution in [0.15, 0.2) is 46.9 Å². The van der Waals surface area contributed by atoms with E-state index in [1.54, 1.807) is 37.3 Å². The number of carbonyl (C=O) groups excluding carboxylic acids is 1. The lowest BCUT2D eigenvalue weighted by Gasteiger charge is -2.02. The van der Waals surface area contributed by atoms with Gasteiger partial charge in [-0.1, -0.05) is 0 Å². The van der Waals surface area contributed by atoms with Gasteiger partial charge in [-0.25, -0.2) is 9.37 Å². The van der Waals surface area contributed by atoms with E-state index in [1.165, 1.54) is 12.1 Å². The second-order valence-corrected chi connectivity index (χ2v) is 5.28. The lowest BCUT2D eigenvalue weighted by Crippen LogP contribution is -2.11. The van der Waals surface area contributed by atoms with Crippen molar-refractivity contribution in [2.45, 2.75) is 6.92 Å². The highest BCUT2D eigenvalue weighted by Gasteiger charge is 2.11. The van der Waals surface area contributed by atoms with E-state index in [0.29, 0.717) is 33.8 Å². The third kappa shape index (κ3) is 2.44. The van der Waals surface area contributed by atoms with Crippen molar-refractivity contribution in [3.63, 3.8) is 0 Å². The van der Waals surface area contributed by atoms with Gasteiger partial charge in [-0.2, -0.15) is 0 Å². The van der Waals surface area contributed by atoms with Crippen LogP contribution in [0.25, 0.3) is 22.0 Å². The highest BCUT2D eigenvalue weighted by atomic mass is 19.1. The number of carbonyl (C=O) groups is 1. The van der Waals surface area contributed by atoms with E-state index in [2.05, 4.69) is 15.3 Å². The Balaban J connectivity index is 1.64. The van der Waals surface area contributed by atoms with Gasteiger partial charge in [0, 0.05) is 29.6 Å². The molecule has 0 bridgehead atoms. The van der Waals surface area contributed by atoms with E-state index >= 15 is 0 Å². The largest absolute Gasteiger partial charge is 0.441 e. The summed E-state index contributed by atoms with van der Waals surface area (Å²) in [6, 6.07) is 11.2. The fraction of sp³-hybridized carbons (Fsp3) is 0.0588. The molecule has 2 heterocycles. The van der Waals surface area contributed by atoms with Crippen LogP contribution in [-0.4, -0.2) is 15.9 Å². The van der Waals surface area contributed by atoms with E-state index in [4.69, 9.17) is 4.42 Å². The number of aromatic nitrogens is 2. The van der Waals surface area contributed by atoms with E-state index in [1.807, 2.05) is 0 Å². The summed E-state index contributed by atoms with van der Waals surface area (Å²) >= 11 is 0. The lowest BCUT2D eigenvalue weighted by atomic mass is 10.2. The third-order valence-electron chi connectivity index (χ3n) is 3.58. The van der Waals surface area contributed by atoms with Gasteiger partial charge in [0.05, 0.1) is 0 Å². The van der Waals surface area contributed by atoms with Crippen LogP contribution in [0.5, 0.6) is 0 Å². The molecule has 1 amide bonds. The summed E-state index contributed by atoms with van der Waals surface area (Å²) in [6.45, 7) is 1.77. The van der Waals surface area contributed by atoms with Crippen LogP contribution in [0.2, 0.25) is 0 Å². The first kappa shape index (κ1) is 13.5. The zero-order chi connectivity index (χ0) is 16.0. The molecule has 0 aliphatic heterocycles. The number of fused-ring (bicyclic) bond motifs is 2. The molecule has 2 aromatic carbocycles. The Hall–Kier alpha value is -3.15. The Morgan fingerprint density at radius 2 is 2.09 bits per heavy atom. The number of oxazole rings is 1. The van der Waals surface area contributed by atoms with Crippen LogP contribution in [0, 0.1) is 12.7 Å². The molecule has 0 saturated carbocycles. The van der Waals surface area contributed by atoms with Crippen LogP contribution >= 0.6 is 0 Å². The van der Waals surface area contributed by atoms with Gasteiger partial charge in [-0.3, -0.25) is 4.79 Å². The van der Waals surface area contributed by atoms with Crippen molar-refractivity contribution < 1.29 is 13.6 Å².